The first-order chi connectivity index (χ1) is 10.0. The van der Waals surface area contributed by atoms with E-state index in [4.69, 9.17) is 5.11 Å². The molecule has 0 saturated heterocycles. The van der Waals surface area contributed by atoms with E-state index >= 15 is 0 Å². The van der Waals surface area contributed by atoms with Gasteiger partial charge in [-0.15, -0.1) is 0 Å². The van der Waals surface area contributed by atoms with E-state index in [0.29, 0.717) is 6.42 Å². The van der Waals surface area contributed by atoms with Gasteiger partial charge in [0.15, 0.2) is 0 Å². The summed E-state index contributed by atoms with van der Waals surface area (Å²) in [7, 11) is 2.06. The number of carboxylic acid groups (broad SMARTS) is 1. The Labute approximate surface area is 123 Å². The predicted molar refractivity (Wildman–Crippen MR) is 85.9 cm³/mol. The number of hydrogen-bond donors (Lipinski definition) is 1. The number of aliphatic carboxylic acids is 1. The fraction of sp³-hybridized carbons (Fsp3) is 0.278. The zero-order valence-corrected chi connectivity index (χ0v) is 12.6. The molecule has 0 unspecified atom stereocenters. The third-order valence-electron chi connectivity index (χ3n) is 4.38. The largest absolute Gasteiger partial charge is 0.481 e. The van der Waals surface area contributed by atoms with E-state index in [1.165, 1.54) is 27.2 Å². The Hall–Kier alpha value is -2.29. The molecule has 0 aliphatic heterocycles. The van der Waals surface area contributed by atoms with Gasteiger partial charge in [0.2, 0.25) is 0 Å². The first-order valence-electron chi connectivity index (χ1n) is 7.18. The van der Waals surface area contributed by atoms with E-state index in [1.807, 2.05) is 0 Å². The molecule has 0 fully saturated rings. The van der Waals surface area contributed by atoms with Crippen LogP contribution in [0.25, 0.3) is 21.7 Å². The summed E-state index contributed by atoms with van der Waals surface area (Å²) in [6.07, 6.45) is 0.754. The van der Waals surface area contributed by atoms with Crippen molar-refractivity contribution in [2.45, 2.75) is 26.7 Å². The van der Waals surface area contributed by atoms with Gasteiger partial charge in [0.05, 0.1) is 5.52 Å². The van der Waals surface area contributed by atoms with Gasteiger partial charge in [0.1, 0.15) is 0 Å². The molecule has 3 rings (SSSR count). The molecule has 3 aromatic rings. The number of carboxylic acids is 1. The zero-order chi connectivity index (χ0) is 15.1. The summed E-state index contributed by atoms with van der Waals surface area (Å²) >= 11 is 0. The molecule has 1 N–H and O–H groups in total. The lowest BCUT2D eigenvalue weighted by Gasteiger charge is -2.06. The van der Waals surface area contributed by atoms with Crippen molar-refractivity contribution in [3.63, 3.8) is 0 Å². The highest BCUT2D eigenvalue weighted by atomic mass is 16.4. The highest BCUT2D eigenvalue weighted by Gasteiger charge is 2.17. The summed E-state index contributed by atoms with van der Waals surface area (Å²) in [6.45, 7) is 4.18. The minimum Gasteiger partial charge on any atom is -0.481 e. The number of aryl methyl sites for hydroxylation is 3. The number of aromatic nitrogens is 1. The molecule has 0 amide bonds. The lowest BCUT2D eigenvalue weighted by molar-refractivity contribution is -0.136. The van der Waals surface area contributed by atoms with E-state index in [2.05, 4.69) is 55.8 Å². The zero-order valence-electron chi connectivity index (χ0n) is 12.6. The molecule has 0 radical (unpaired) electrons. The topological polar surface area (TPSA) is 42.2 Å². The lowest BCUT2D eigenvalue weighted by Crippen LogP contribution is -1.99. The number of rotatable bonds is 3. The second-order valence-corrected chi connectivity index (χ2v) is 5.65. The monoisotopic (exact) mass is 281 g/mol. The van der Waals surface area contributed by atoms with Crippen molar-refractivity contribution in [3.05, 3.63) is 47.2 Å². The molecule has 108 valence electrons. The average molecular weight is 281 g/mol. The number of nitrogens with zero attached hydrogens (tertiary/aromatic N) is 1. The molecule has 0 spiro atoms. The molecule has 0 aliphatic rings. The summed E-state index contributed by atoms with van der Waals surface area (Å²) in [5.74, 6) is -0.746. The molecule has 2 aromatic carbocycles. The molecule has 0 bridgehead atoms. The van der Waals surface area contributed by atoms with Crippen LogP contribution in [0.1, 0.15) is 23.2 Å². The van der Waals surface area contributed by atoms with Crippen LogP contribution in [-0.4, -0.2) is 15.6 Å². The maximum absolute atomic E-state index is 10.9. The molecule has 3 nitrogen and oxygen atoms in total. The summed E-state index contributed by atoms with van der Waals surface area (Å²) in [5, 5.41) is 12.7. The first kappa shape index (κ1) is 13.7. The molecule has 0 saturated carbocycles. The summed E-state index contributed by atoms with van der Waals surface area (Å²) in [4.78, 5) is 10.9. The van der Waals surface area contributed by atoms with Gasteiger partial charge in [-0.25, -0.2) is 0 Å². The normalized spacial score (nSPS) is 11.4. The smallest absolute Gasteiger partial charge is 0.303 e. The molecule has 0 aliphatic carbocycles. The Bertz CT molecular complexity index is 859. The molecule has 21 heavy (non-hydrogen) atoms. The maximum Gasteiger partial charge on any atom is 0.303 e. The van der Waals surface area contributed by atoms with Crippen LogP contribution in [-0.2, 0) is 18.3 Å². The number of hydrogen-bond acceptors (Lipinski definition) is 1. The Morgan fingerprint density at radius 1 is 1.24 bits per heavy atom. The van der Waals surface area contributed by atoms with E-state index in [9.17, 15) is 4.79 Å². The van der Waals surface area contributed by atoms with Crippen LogP contribution in [0.3, 0.4) is 0 Å². The Morgan fingerprint density at radius 3 is 2.67 bits per heavy atom. The second-order valence-electron chi connectivity index (χ2n) is 5.65. The standard InChI is InChI=1S/C18H19NO2/c1-11-10-13-6-4-5-7-15(13)18-17(11)14(8-9-16(20)21)12(2)19(18)3/h4-7,10H,8-9H2,1-3H3,(H,20,21). The van der Waals surface area contributed by atoms with Crippen LogP contribution in [0.5, 0.6) is 0 Å². The van der Waals surface area contributed by atoms with Gasteiger partial charge in [0.25, 0.3) is 0 Å². The van der Waals surface area contributed by atoms with Crippen molar-refractivity contribution in [3.8, 4) is 0 Å². The van der Waals surface area contributed by atoms with E-state index < -0.39 is 5.97 Å². The van der Waals surface area contributed by atoms with Gasteiger partial charge in [-0.05, 0) is 36.8 Å². The third kappa shape index (κ3) is 2.09. The minimum absolute atomic E-state index is 0.173. The van der Waals surface area contributed by atoms with Crippen molar-refractivity contribution in [1.82, 2.24) is 4.57 Å². The van der Waals surface area contributed by atoms with Gasteiger partial charge < -0.3 is 9.67 Å². The number of fused-ring (bicyclic) bond motifs is 3. The van der Waals surface area contributed by atoms with Gasteiger partial charge in [-0.2, -0.15) is 0 Å². The van der Waals surface area contributed by atoms with Crippen LogP contribution >= 0.6 is 0 Å². The van der Waals surface area contributed by atoms with Crippen LogP contribution in [0, 0.1) is 13.8 Å². The van der Waals surface area contributed by atoms with Crippen LogP contribution in [0.15, 0.2) is 30.3 Å². The van der Waals surface area contributed by atoms with Crippen molar-refractivity contribution in [2.24, 2.45) is 7.05 Å². The third-order valence-corrected chi connectivity index (χ3v) is 4.38. The van der Waals surface area contributed by atoms with Crippen LogP contribution < -0.4 is 0 Å². The molecule has 1 heterocycles. The van der Waals surface area contributed by atoms with E-state index in [-0.39, 0.29) is 6.42 Å². The second kappa shape index (κ2) is 4.92. The summed E-state index contributed by atoms with van der Waals surface area (Å²) in [6, 6.07) is 10.6. The van der Waals surface area contributed by atoms with Crippen LogP contribution in [0.4, 0.5) is 0 Å². The van der Waals surface area contributed by atoms with E-state index in [0.717, 1.165) is 11.3 Å². The first-order valence-corrected chi connectivity index (χ1v) is 7.18. The number of carbonyl (C=O) groups is 1. The van der Waals surface area contributed by atoms with Gasteiger partial charge in [0, 0.05) is 29.9 Å². The van der Waals surface area contributed by atoms with Crippen molar-refractivity contribution in [2.75, 3.05) is 0 Å². The van der Waals surface area contributed by atoms with E-state index in [1.54, 1.807) is 0 Å². The van der Waals surface area contributed by atoms with Gasteiger partial charge in [-0.3, -0.25) is 4.79 Å². The fourth-order valence-electron chi connectivity index (χ4n) is 3.28. The summed E-state index contributed by atoms with van der Waals surface area (Å²) in [5.41, 5.74) is 4.75. The van der Waals surface area contributed by atoms with Gasteiger partial charge in [-0.1, -0.05) is 30.3 Å². The molecule has 0 atom stereocenters. The minimum atomic E-state index is -0.746. The predicted octanol–water partition coefficient (Wildman–Crippen LogP) is 3.97. The SMILES string of the molecule is Cc1cc2ccccc2c2c1c(CCC(=O)O)c(C)n2C. The van der Waals surface area contributed by atoms with Gasteiger partial charge >= 0.3 is 5.97 Å². The highest BCUT2D eigenvalue weighted by molar-refractivity contribution is 6.09. The Kier molecular flexibility index (Phi) is 3.20. The molecule has 3 heteroatoms. The Balaban J connectivity index is 2.37. The lowest BCUT2D eigenvalue weighted by atomic mass is 9.98. The number of benzene rings is 2. The maximum atomic E-state index is 10.9. The van der Waals surface area contributed by atoms with Crippen molar-refractivity contribution in [1.29, 1.82) is 0 Å². The van der Waals surface area contributed by atoms with Crippen molar-refractivity contribution >= 4 is 27.6 Å². The van der Waals surface area contributed by atoms with Crippen LogP contribution in [0.2, 0.25) is 0 Å². The highest BCUT2D eigenvalue weighted by Crippen LogP contribution is 2.34. The Morgan fingerprint density at radius 2 is 1.95 bits per heavy atom. The molecule has 1 aromatic heterocycles. The quantitative estimate of drug-likeness (QED) is 0.789. The fourth-order valence-corrected chi connectivity index (χ4v) is 3.28. The van der Waals surface area contributed by atoms with Crippen molar-refractivity contribution < 1.29 is 9.90 Å². The molecular weight excluding hydrogens is 262 g/mol. The molecular formula is C18H19NO2. The average Bonchev–Trinajstić information content (AvgIpc) is 2.70. The summed E-state index contributed by atoms with van der Waals surface area (Å²) < 4.78 is 2.20.